The molecule has 5 rings (SSSR count). The lowest BCUT2D eigenvalue weighted by Crippen LogP contribution is -2.55. The van der Waals surface area contributed by atoms with Gasteiger partial charge < -0.3 is 25.5 Å². The van der Waals surface area contributed by atoms with Crippen LogP contribution in [0.3, 0.4) is 0 Å². The van der Waals surface area contributed by atoms with Crippen LogP contribution in [0.1, 0.15) is 28.3 Å². The maximum atomic E-state index is 13.4. The zero-order chi connectivity index (χ0) is 29.5. The van der Waals surface area contributed by atoms with E-state index in [1.165, 1.54) is 0 Å². The molecule has 1 aromatic heterocycles. The number of ether oxygens (including phenoxy) is 1. The zero-order valence-electron chi connectivity index (χ0n) is 23.3. The van der Waals surface area contributed by atoms with Gasteiger partial charge in [0.2, 0.25) is 5.91 Å². The second kappa shape index (κ2) is 13.2. The first-order chi connectivity index (χ1) is 20.4. The van der Waals surface area contributed by atoms with Gasteiger partial charge in [0, 0.05) is 37.3 Å². The number of likely N-dealkylation sites (N-methyl/N-ethyl adjacent to an activating group) is 1. The molecular formula is C33H34N4O5. The fourth-order valence-corrected chi connectivity index (χ4v) is 5.44. The number of alkyl carbamates (subject to hydrolysis) is 1. The molecular weight excluding hydrogens is 532 g/mol. The number of aliphatic carboxylic acids is 1. The van der Waals surface area contributed by atoms with E-state index in [9.17, 15) is 19.5 Å². The number of aromatic nitrogens is 1. The van der Waals surface area contributed by atoms with Gasteiger partial charge in [0.1, 0.15) is 18.7 Å². The lowest BCUT2D eigenvalue weighted by molar-refractivity contribution is -0.142. The van der Waals surface area contributed by atoms with Crippen molar-refractivity contribution in [3.63, 3.8) is 0 Å². The monoisotopic (exact) mass is 566 g/mol. The molecule has 1 aliphatic rings. The summed E-state index contributed by atoms with van der Waals surface area (Å²) < 4.78 is 5.66. The summed E-state index contributed by atoms with van der Waals surface area (Å²) in [6, 6.07) is 27.1. The van der Waals surface area contributed by atoms with Crippen molar-refractivity contribution < 1.29 is 24.2 Å². The van der Waals surface area contributed by atoms with Crippen molar-refractivity contribution >= 4 is 18.0 Å². The average molecular weight is 567 g/mol. The fraction of sp³-hybridized carbons (Fsp3) is 0.242. The minimum Gasteiger partial charge on any atom is -0.480 e. The number of amides is 2. The molecule has 1 heterocycles. The van der Waals surface area contributed by atoms with Crippen molar-refractivity contribution in [2.24, 2.45) is 0 Å². The van der Waals surface area contributed by atoms with Crippen LogP contribution < -0.4 is 10.6 Å². The van der Waals surface area contributed by atoms with Crippen LogP contribution in [0.2, 0.25) is 0 Å². The molecule has 0 saturated carbocycles. The molecule has 9 heteroatoms. The number of rotatable bonds is 12. The summed E-state index contributed by atoms with van der Waals surface area (Å²) in [6.07, 6.45) is 1.10. The number of hydrogen-bond acceptors (Lipinski definition) is 5. The van der Waals surface area contributed by atoms with Crippen LogP contribution in [0.25, 0.3) is 11.1 Å². The third-order valence-electron chi connectivity index (χ3n) is 7.44. The SMILES string of the molecule is CN(Cc1ccccc1)CC(NC(=O)C(Cc1ccc[nH]1)NC(=O)OCC1c2ccccc2-c2ccccc21)C(=O)O. The van der Waals surface area contributed by atoms with Crippen LogP contribution in [-0.4, -0.2) is 65.2 Å². The molecule has 2 unspecified atom stereocenters. The Labute approximate surface area is 244 Å². The Hall–Kier alpha value is -4.89. The van der Waals surface area contributed by atoms with E-state index in [4.69, 9.17) is 4.74 Å². The predicted molar refractivity (Wildman–Crippen MR) is 159 cm³/mol. The smallest absolute Gasteiger partial charge is 0.407 e. The number of carboxylic acids is 1. The number of H-pyrrole nitrogens is 1. The quantitative estimate of drug-likeness (QED) is 0.204. The van der Waals surface area contributed by atoms with Gasteiger partial charge in [-0.1, -0.05) is 78.9 Å². The number of benzene rings is 3. The highest BCUT2D eigenvalue weighted by atomic mass is 16.5. The molecule has 2 amide bonds. The van der Waals surface area contributed by atoms with E-state index in [0.29, 0.717) is 12.2 Å². The normalized spacial score (nSPS) is 13.6. The first-order valence-corrected chi connectivity index (χ1v) is 13.9. The van der Waals surface area contributed by atoms with Crippen molar-refractivity contribution in [3.05, 3.63) is 120 Å². The maximum absolute atomic E-state index is 13.4. The van der Waals surface area contributed by atoms with E-state index in [0.717, 1.165) is 27.8 Å². The molecule has 0 saturated heterocycles. The van der Waals surface area contributed by atoms with Crippen molar-refractivity contribution in [1.29, 1.82) is 0 Å². The summed E-state index contributed by atoms with van der Waals surface area (Å²) in [7, 11) is 1.79. The van der Waals surface area contributed by atoms with E-state index < -0.39 is 30.1 Å². The van der Waals surface area contributed by atoms with Crippen molar-refractivity contribution in [3.8, 4) is 11.1 Å². The second-order valence-electron chi connectivity index (χ2n) is 10.5. The Bertz CT molecular complexity index is 1480. The van der Waals surface area contributed by atoms with Crippen LogP contribution in [0.15, 0.2) is 97.2 Å². The zero-order valence-corrected chi connectivity index (χ0v) is 23.3. The molecule has 42 heavy (non-hydrogen) atoms. The van der Waals surface area contributed by atoms with E-state index in [1.54, 1.807) is 25.4 Å². The maximum Gasteiger partial charge on any atom is 0.407 e. The number of nitrogens with zero attached hydrogens (tertiary/aromatic N) is 1. The highest BCUT2D eigenvalue weighted by Gasteiger charge is 2.31. The van der Waals surface area contributed by atoms with Crippen LogP contribution >= 0.6 is 0 Å². The van der Waals surface area contributed by atoms with Gasteiger partial charge >= 0.3 is 12.1 Å². The minimum absolute atomic E-state index is 0.0795. The van der Waals surface area contributed by atoms with Gasteiger partial charge in [-0.2, -0.15) is 0 Å². The van der Waals surface area contributed by atoms with Gasteiger partial charge in [-0.05, 0) is 47.0 Å². The Balaban J connectivity index is 1.24. The number of nitrogens with one attached hydrogen (secondary N) is 3. The van der Waals surface area contributed by atoms with Crippen LogP contribution in [-0.2, 0) is 27.3 Å². The highest BCUT2D eigenvalue weighted by Crippen LogP contribution is 2.44. The van der Waals surface area contributed by atoms with Gasteiger partial charge in [0.25, 0.3) is 0 Å². The molecule has 216 valence electrons. The fourth-order valence-electron chi connectivity index (χ4n) is 5.44. The Morgan fingerprint density at radius 2 is 1.50 bits per heavy atom. The molecule has 1 aliphatic carbocycles. The van der Waals surface area contributed by atoms with Gasteiger partial charge in [-0.3, -0.25) is 9.69 Å². The molecule has 0 fully saturated rings. The number of carboxylic acid groups (broad SMARTS) is 1. The summed E-state index contributed by atoms with van der Waals surface area (Å²) in [5.41, 5.74) is 6.12. The lowest BCUT2D eigenvalue weighted by atomic mass is 9.98. The minimum atomic E-state index is -1.18. The van der Waals surface area contributed by atoms with E-state index in [-0.39, 0.29) is 25.5 Å². The molecule has 0 aliphatic heterocycles. The number of aromatic amines is 1. The molecule has 4 N–H and O–H groups in total. The van der Waals surface area contributed by atoms with Gasteiger partial charge in [-0.15, -0.1) is 0 Å². The summed E-state index contributed by atoms with van der Waals surface area (Å²) >= 11 is 0. The number of hydrogen-bond donors (Lipinski definition) is 4. The Morgan fingerprint density at radius 1 is 0.857 bits per heavy atom. The van der Waals surface area contributed by atoms with Crippen molar-refractivity contribution in [1.82, 2.24) is 20.5 Å². The third kappa shape index (κ3) is 6.87. The molecule has 3 aromatic carbocycles. The summed E-state index contributed by atoms with van der Waals surface area (Å²) in [5.74, 6) is -1.91. The standard InChI is InChI=1S/C33H34N4O5/c1-37(19-22-10-3-2-4-11-22)20-30(32(39)40)35-31(38)29(18-23-12-9-17-34-23)36-33(41)42-21-28-26-15-7-5-13-24(26)25-14-6-8-16-27(25)28/h2-17,28-30,34H,18-21H2,1H3,(H,35,38)(H,36,41)(H,39,40). The molecule has 9 nitrogen and oxygen atoms in total. The second-order valence-corrected chi connectivity index (χ2v) is 10.5. The largest absolute Gasteiger partial charge is 0.480 e. The van der Waals surface area contributed by atoms with Crippen LogP contribution in [0.5, 0.6) is 0 Å². The topological polar surface area (TPSA) is 124 Å². The van der Waals surface area contributed by atoms with Gasteiger partial charge in [0.05, 0.1) is 0 Å². The van der Waals surface area contributed by atoms with Crippen LogP contribution in [0, 0.1) is 0 Å². The Morgan fingerprint density at radius 3 is 2.12 bits per heavy atom. The number of carbonyl (C=O) groups is 3. The van der Waals surface area contributed by atoms with Crippen molar-refractivity contribution in [2.45, 2.75) is 31.0 Å². The molecule has 2 atom stereocenters. The van der Waals surface area contributed by atoms with Crippen molar-refractivity contribution in [2.75, 3.05) is 20.2 Å². The third-order valence-corrected chi connectivity index (χ3v) is 7.44. The predicted octanol–water partition coefficient (Wildman–Crippen LogP) is 4.17. The molecule has 4 aromatic rings. The highest BCUT2D eigenvalue weighted by molar-refractivity contribution is 5.89. The van der Waals surface area contributed by atoms with E-state index in [1.807, 2.05) is 71.6 Å². The Kier molecular flexibility index (Phi) is 8.99. The number of fused-ring (bicyclic) bond motifs is 3. The lowest BCUT2D eigenvalue weighted by Gasteiger charge is -2.25. The molecule has 0 bridgehead atoms. The first kappa shape index (κ1) is 28.6. The molecule has 0 spiro atoms. The van der Waals surface area contributed by atoms with Crippen LogP contribution in [0.4, 0.5) is 4.79 Å². The summed E-state index contributed by atoms with van der Waals surface area (Å²) in [4.78, 5) is 43.3. The number of carbonyl (C=O) groups excluding carboxylic acids is 2. The summed E-state index contributed by atoms with van der Waals surface area (Å²) in [5, 5.41) is 15.1. The van der Waals surface area contributed by atoms with Gasteiger partial charge in [0.15, 0.2) is 0 Å². The average Bonchev–Trinajstić information content (AvgIpc) is 3.62. The first-order valence-electron chi connectivity index (χ1n) is 13.9. The summed E-state index contributed by atoms with van der Waals surface area (Å²) in [6.45, 7) is 0.694. The molecule has 0 radical (unpaired) electrons. The van der Waals surface area contributed by atoms with Gasteiger partial charge in [-0.25, -0.2) is 9.59 Å². The van der Waals surface area contributed by atoms with E-state index >= 15 is 0 Å². The van der Waals surface area contributed by atoms with E-state index in [2.05, 4.69) is 27.8 Å².